The third-order valence-electron chi connectivity index (χ3n) is 2.90. The van der Waals surface area contributed by atoms with Crippen molar-refractivity contribution < 1.29 is 4.92 Å². The number of nitrogens with one attached hydrogen (secondary N) is 1. The summed E-state index contributed by atoms with van der Waals surface area (Å²) in [5, 5.41) is 13.8. The van der Waals surface area contributed by atoms with Crippen molar-refractivity contribution in [2.45, 2.75) is 13.1 Å². The Bertz CT molecular complexity index is 610. The molecule has 0 saturated carbocycles. The minimum Gasteiger partial charge on any atom is -0.307 e. The first-order chi connectivity index (χ1) is 8.74. The van der Waals surface area contributed by atoms with Crippen LogP contribution < -0.4 is 5.32 Å². The van der Waals surface area contributed by atoms with Crippen LogP contribution in [0.5, 0.6) is 0 Å². The summed E-state index contributed by atoms with van der Waals surface area (Å²) in [6.45, 7) is 1.55. The normalized spacial score (nSPS) is 13.3. The van der Waals surface area contributed by atoms with Crippen LogP contribution in [0.25, 0.3) is 11.4 Å². The van der Waals surface area contributed by atoms with Gasteiger partial charge in [-0.2, -0.15) is 0 Å². The van der Waals surface area contributed by atoms with E-state index in [9.17, 15) is 10.1 Å². The van der Waals surface area contributed by atoms with Crippen molar-refractivity contribution in [3.8, 4) is 11.4 Å². The third-order valence-corrected chi connectivity index (χ3v) is 2.90. The van der Waals surface area contributed by atoms with Gasteiger partial charge in [0, 0.05) is 42.5 Å². The van der Waals surface area contributed by atoms with Crippen molar-refractivity contribution in [3.05, 3.63) is 51.8 Å². The van der Waals surface area contributed by atoms with E-state index in [1.54, 1.807) is 18.3 Å². The van der Waals surface area contributed by atoms with E-state index in [1.807, 2.05) is 0 Å². The molecule has 6 nitrogen and oxygen atoms in total. The van der Waals surface area contributed by atoms with Crippen LogP contribution in [-0.2, 0) is 13.1 Å². The lowest BCUT2D eigenvalue weighted by atomic mass is 10.2. The summed E-state index contributed by atoms with van der Waals surface area (Å²) in [6, 6.07) is 6.26. The van der Waals surface area contributed by atoms with E-state index in [2.05, 4.69) is 15.3 Å². The average Bonchev–Trinajstić information content (AvgIpc) is 2.86. The Labute approximate surface area is 103 Å². The van der Waals surface area contributed by atoms with Gasteiger partial charge in [-0.05, 0) is 12.1 Å². The summed E-state index contributed by atoms with van der Waals surface area (Å²) in [7, 11) is 0. The summed E-state index contributed by atoms with van der Waals surface area (Å²) in [6.07, 6.45) is 1.80. The fourth-order valence-corrected chi connectivity index (χ4v) is 1.93. The fourth-order valence-electron chi connectivity index (χ4n) is 1.93. The molecule has 2 aromatic rings. The number of nitrogens with zero attached hydrogens (tertiary/aromatic N) is 3. The molecule has 90 valence electrons. The number of hydrogen-bond donors (Lipinski definition) is 1. The molecular weight excluding hydrogens is 232 g/mol. The molecule has 1 aliphatic rings. The molecule has 0 fully saturated rings. The molecule has 0 saturated heterocycles. The minimum atomic E-state index is -0.419. The largest absolute Gasteiger partial charge is 0.307 e. The van der Waals surface area contributed by atoms with Gasteiger partial charge in [0.05, 0.1) is 10.6 Å². The summed E-state index contributed by atoms with van der Waals surface area (Å²) < 4.78 is 0. The molecule has 0 amide bonds. The lowest BCUT2D eigenvalue weighted by Crippen LogP contribution is -2.00. The molecule has 0 radical (unpaired) electrons. The molecule has 6 heteroatoms. The Kier molecular flexibility index (Phi) is 2.49. The van der Waals surface area contributed by atoms with E-state index >= 15 is 0 Å². The van der Waals surface area contributed by atoms with E-state index in [1.165, 1.54) is 12.1 Å². The van der Waals surface area contributed by atoms with Gasteiger partial charge in [-0.25, -0.2) is 9.97 Å². The summed E-state index contributed by atoms with van der Waals surface area (Å²) in [4.78, 5) is 18.9. The van der Waals surface area contributed by atoms with Crippen molar-refractivity contribution >= 4 is 5.69 Å². The monoisotopic (exact) mass is 242 g/mol. The molecular formula is C12H10N4O2. The Morgan fingerprint density at radius 3 is 2.72 bits per heavy atom. The lowest BCUT2D eigenvalue weighted by Gasteiger charge is -2.02. The van der Waals surface area contributed by atoms with Crippen LogP contribution in [0.4, 0.5) is 5.69 Å². The van der Waals surface area contributed by atoms with E-state index in [-0.39, 0.29) is 5.69 Å². The number of benzene rings is 1. The van der Waals surface area contributed by atoms with Crippen molar-refractivity contribution in [1.82, 2.24) is 15.3 Å². The maximum absolute atomic E-state index is 10.6. The van der Waals surface area contributed by atoms with Gasteiger partial charge in [-0.15, -0.1) is 0 Å². The smallest absolute Gasteiger partial charge is 0.269 e. The van der Waals surface area contributed by atoms with Gasteiger partial charge in [0.15, 0.2) is 5.82 Å². The topological polar surface area (TPSA) is 81.0 Å². The highest BCUT2D eigenvalue weighted by Gasteiger charge is 2.14. The highest BCUT2D eigenvalue weighted by Crippen LogP contribution is 2.21. The van der Waals surface area contributed by atoms with Gasteiger partial charge in [-0.3, -0.25) is 10.1 Å². The molecule has 1 aliphatic heterocycles. The summed E-state index contributed by atoms with van der Waals surface area (Å²) in [5.74, 6) is 0.604. The van der Waals surface area contributed by atoms with E-state index in [4.69, 9.17) is 0 Å². The SMILES string of the molecule is O=[N+]([O-])c1ccc(-c2ncc3c(n2)CNC3)cc1. The Balaban J connectivity index is 1.97. The molecule has 0 aliphatic carbocycles. The van der Waals surface area contributed by atoms with Gasteiger partial charge in [-0.1, -0.05) is 0 Å². The first kappa shape index (κ1) is 10.8. The molecule has 1 N–H and O–H groups in total. The molecule has 2 heterocycles. The van der Waals surface area contributed by atoms with Crippen LogP contribution in [0, 0.1) is 10.1 Å². The number of hydrogen-bond acceptors (Lipinski definition) is 5. The standard InChI is InChI=1S/C12H10N4O2/c17-16(18)10-3-1-8(2-4-10)12-14-6-9-5-13-7-11(9)15-12/h1-4,6,13H,5,7H2. The van der Waals surface area contributed by atoms with Gasteiger partial charge >= 0.3 is 0 Å². The van der Waals surface area contributed by atoms with Crippen molar-refractivity contribution in [2.24, 2.45) is 0 Å². The minimum absolute atomic E-state index is 0.0709. The van der Waals surface area contributed by atoms with E-state index < -0.39 is 4.92 Å². The summed E-state index contributed by atoms with van der Waals surface area (Å²) >= 11 is 0. The molecule has 1 aromatic heterocycles. The molecule has 18 heavy (non-hydrogen) atoms. The molecule has 0 atom stereocenters. The zero-order valence-electron chi connectivity index (χ0n) is 9.46. The number of rotatable bonds is 2. The van der Waals surface area contributed by atoms with E-state index in [0.717, 1.165) is 29.9 Å². The van der Waals surface area contributed by atoms with E-state index in [0.29, 0.717) is 5.82 Å². The maximum Gasteiger partial charge on any atom is 0.269 e. The highest BCUT2D eigenvalue weighted by atomic mass is 16.6. The van der Waals surface area contributed by atoms with Crippen LogP contribution in [0.3, 0.4) is 0 Å². The lowest BCUT2D eigenvalue weighted by molar-refractivity contribution is -0.384. The Morgan fingerprint density at radius 2 is 2.00 bits per heavy atom. The average molecular weight is 242 g/mol. The molecule has 3 rings (SSSR count). The zero-order chi connectivity index (χ0) is 12.5. The fraction of sp³-hybridized carbons (Fsp3) is 0.167. The second kappa shape index (κ2) is 4.15. The van der Waals surface area contributed by atoms with Crippen LogP contribution in [0.2, 0.25) is 0 Å². The molecule has 0 unspecified atom stereocenters. The van der Waals surface area contributed by atoms with Crippen LogP contribution >= 0.6 is 0 Å². The van der Waals surface area contributed by atoms with Gasteiger partial charge in [0.25, 0.3) is 5.69 Å². The predicted molar refractivity (Wildman–Crippen MR) is 64.7 cm³/mol. The quantitative estimate of drug-likeness (QED) is 0.639. The molecule has 0 bridgehead atoms. The number of nitro benzene ring substituents is 1. The van der Waals surface area contributed by atoms with Crippen molar-refractivity contribution in [3.63, 3.8) is 0 Å². The van der Waals surface area contributed by atoms with Crippen molar-refractivity contribution in [1.29, 1.82) is 0 Å². The molecule has 1 aromatic carbocycles. The maximum atomic E-state index is 10.6. The van der Waals surface area contributed by atoms with Gasteiger partial charge < -0.3 is 5.32 Å². The number of non-ortho nitro benzene ring substituents is 1. The number of aromatic nitrogens is 2. The second-order valence-corrected chi connectivity index (χ2v) is 4.07. The Hall–Kier alpha value is -2.34. The van der Waals surface area contributed by atoms with Gasteiger partial charge in [0.1, 0.15) is 0 Å². The van der Waals surface area contributed by atoms with Crippen molar-refractivity contribution in [2.75, 3.05) is 0 Å². The summed E-state index contributed by atoms with van der Waals surface area (Å²) in [5.41, 5.74) is 2.97. The number of nitro groups is 1. The zero-order valence-corrected chi connectivity index (χ0v) is 9.46. The second-order valence-electron chi connectivity index (χ2n) is 4.07. The van der Waals surface area contributed by atoms with Gasteiger partial charge in [0.2, 0.25) is 0 Å². The predicted octanol–water partition coefficient (Wildman–Crippen LogP) is 1.65. The van der Waals surface area contributed by atoms with Crippen LogP contribution in [0.1, 0.15) is 11.3 Å². The highest BCUT2D eigenvalue weighted by molar-refractivity contribution is 5.57. The first-order valence-corrected chi connectivity index (χ1v) is 5.54. The van der Waals surface area contributed by atoms with Crippen LogP contribution in [0.15, 0.2) is 30.5 Å². The third kappa shape index (κ3) is 1.82. The van der Waals surface area contributed by atoms with Crippen LogP contribution in [-0.4, -0.2) is 14.9 Å². The Morgan fingerprint density at radius 1 is 1.22 bits per heavy atom. The molecule has 0 spiro atoms. The first-order valence-electron chi connectivity index (χ1n) is 5.54. The number of fused-ring (bicyclic) bond motifs is 1.